The maximum Gasteiger partial charge on any atom is 0.136 e. The first-order valence-corrected chi connectivity index (χ1v) is 6.73. The molecule has 0 bridgehead atoms. The van der Waals surface area contributed by atoms with Crippen LogP contribution in [0, 0.1) is 5.92 Å². The van der Waals surface area contributed by atoms with E-state index in [2.05, 4.69) is 16.8 Å². The van der Waals surface area contributed by atoms with Crippen molar-refractivity contribution in [3.05, 3.63) is 30.5 Å². The second-order valence-electron chi connectivity index (χ2n) is 5.38. The largest absolute Gasteiger partial charge is 0.508 e. The first-order chi connectivity index (χ1) is 9.19. The molecule has 0 radical (unpaired) electrons. The van der Waals surface area contributed by atoms with Crippen LogP contribution in [-0.2, 0) is 0 Å². The third-order valence-corrected chi connectivity index (χ3v) is 4.00. The lowest BCUT2D eigenvalue weighted by atomic mass is 10.1. The van der Waals surface area contributed by atoms with Crippen molar-refractivity contribution in [2.75, 3.05) is 18.0 Å². The zero-order valence-electron chi connectivity index (χ0n) is 11.1. The zero-order chi connectivity index (χ0) is 13.4. The number of anilines is 1. The van der Waals surface area contributed by atoms with Crippen LogP contribution in [0.1, 0.15) is 13.3 Å². The van der Waals surface area contributed by atoms with Gasteiger partial charge < -0.3 is 15.7 Å². The van der Waals surface area contributed by atoms with E-state index in [1.807, 2.05) is 18.3 Å². The lowest BCUT2D eigenvalue weighted by Crippen LogP contribution is -2.28. The highest BCUT2D eigenvalue weighted by Crippen LogP contribution is 2.33. The number of nitrogens with zero attached hydrogens (tertiary/aromatic N) is 2. The molecule has 2 atom stereocenters. The molecule has 100 valence electrons. The Labute approximate surface area is 112 Å². The monoisotopic (exact) mass is 257 g/mol. The molecule has 1 saturated heterocycles. The zero-order valence-corrected chi connectivity index (χ0v) is 11.1. The fourth-order valence-electron chi connectivity index (χ4n) is 2.98. The molecule has 2 unspecified atom stereocenters. The van der Waals surface area contributed by atoms with Crippen LogP contribution in [0.2, 0.25) is 0 Å². The highest BCUT2D eigenvalue weighted by molar-refractivity contribution is 5.93. The molecule has 1 fully saturated rings. The minimum atomic E-state index is 0.281. The standard InChI is InChI=1S/C15H19N3O/c1-10-6-11(8-16)9-18(10)15-14-7-13(19)3-2-12(14)4-5-17-15/h2-5,7,10-11,19H,6,8-9,16H2,1H3. The molecule has 0 amide bonds. The van der Waals surface area contributed by atoms with E-state index in [4.69, 9.17) is 5.73 Å². The van der Waals surface area contributed by atoms with E-state index in [9.17, 15) is 5.11 Å². The highest BCUT2D eigenvalue weighted by Gasteiger charge is 2.29. The maximum atomic E-state index is 9.70. The van der Waals surface area contributed by atoms with Crippen molar-refractivity contribution in [2.45, 2.75) is 19.4 Å². The number of hydrogen-bond donors (Lipinski definition) is 2. The first kappa shape index (κ1) is 12.2. The Morgan fingerprint density at radius 2 is 2.26 bits per heavy atom. The van der Waals surface area contributed by atoms with E-state index >= 15 is 0 Å². The molecular formula is C15H19N3O. The lowest BCUT2D eigenvalue weighted by Gasteiger charge is -2.24. The normalized spacial score (nSPS) is 23.2. The van der Waals surface area contributed by atoms with Crippen molar-refractivity contribution in [2.24, 2.45) is 11.7 Å². The number of phenols is 1. The molecule has 0 spiro atoms. The third kappa shape index (κ3) is 2.12. The molecule has 4 nitrogen and oxygen atoms in total. The van der Waals surface area contributed by atoms with Crippen LogP contribution < -0.4 is 10.6 Å². The molecule has 0 aliphatic carbocycles. The number of aromatic nitrogens is 1. The van der Waals surface area contributed by atoms with E-state index in [1.54, 1.807) is 12.1 Å². The Morgan fingerprint density at radius 1 is 1.42 bits per heavy atom. The molecule has 1 aliphatic rings. The van der Waals surface area contributed by atoms with Crippen molar-refractivity contribution in [3.63, 3.8) is 0 Å². The van der Waals surface area contributed by atoms with E-state index in [1.165, 1.54) is 0 Å². The van der Waals surface area contributed by atoms with Gasteiger partial charge in [-0.2, -0.15) is 0 Å². The molecule has 4 heteroatoms. The summed E-state index contributed by atoms with van der Waals surface area (Å²) in [6, 6.07) is 7.84. The SMILES string of the molecule is CC1CC(CN)CN1c1nccc2ccc(O)cc12. The summed E-state index contributed by atoms with van der Waals surface area (Å²) in [5, 5.41) is 11.8. The summed E-state index contributed by atoms with van der Waals surface area (Å²) >= 11 is 0. The smallest absolute Gasteiger partial charge is 0.136 e. The van der Waals surface area contributed by atoms with Gasteiger partial charge in [-0.15, -0.1) is 0 Å². The lowest BCUT2D eigenvalue weighted by molar-refractivity contribution is 0.476. The summed E-state index contributed by atoms with van der Waals surface area (Å²) in [6.07, 6.45) is 2.94. The molecule has 19 heavy (non-hydrogen) atoms. The van der Waals surface area contributed by atoms with E-state index in [0.29, 0.717) is 12.0 Å². The number of aromatic hydroxyl groups is 1. The van der Waals surface area contributed by atoms with Gasteiger partial charge >= 0.3 is 0 Å². The average Bonchev–Trinajstić information content (AvgIpc) is 2.79. The number of benzene rings is 1. The molecule has 1 aromatic heterocycles. The van der Waals surface area contributed by atoms with E-state index in [0.717, 1.165) is 36.1 Å². The Kier molecular flexibility index (Phi) is 3.03. The molecule has 0 saturated carbocycles. The van der Waals surface area contributed by atoms with Gasteiger partial charge in [0.1, 0.15) is 11.6 Å². The van der Waals surface area contributed by atoms with E-state index < -0.39 is 0 Å². The molecule has 2 aromatic rings. The van der Waals surface area contributed by atoms with Gasteiger partial charge in [0.05, 0.1) is 0 Å². The molecule has 3 rings (SSSR count). The van der Waals surface area contributed by atoms with Gasteiger partial charge in [-0.3, -0.25) is 0 Å². The Bertz CT molecular complexity index is 599. The van der Waals surface area contributed by atoms with Gasteiger partial charge in [-0.1, -0.05) is 6.07 Å². The summed E-state index contributed by atoms with van der Waals surface area (Å²) < 4.78 is 0. The highest BCUT2D eigenvalue weighted by atomic mass is 16.3. The number of rotatable bonds is 2. The van der Waals surface area contributed by atoms with Crippen LogP contribution in [0.25, 0.3) is 10.8 Å². The summed E-state index contributed by atoms with van der Waals surface area (Å²) in [7, 11) is 0. The third-order valence-electron chi connectivity index (χ3n) is 4.00. The second-order valence-corrected chi connectivity index (χ2v) is 5.38. The van der Waals surface area contributed by atoms with Crippen molar-refractivity contribution in [3.8, 4) is 5.75 Å². The fourth-order valence-corrected chi connectivity index (χ4v) is 2.98. The number of pyridine rings is 1. The van der Waals surface area contributed by atoms with Crippen LogP contribution in [0.4, 0.5) is 5.82 Å². The molecule has 1 aliphatic heterocycles. The number of nitrogens with two attached hydrogens (primary N) is 1. The van der Waals surface area contributed by atoms with Crippen molar-refractivity contribution in [1.29, 1.82) is 0 Å². The van der Waals surface area contributed by atoms with Gasteiger partial charge in [0.2, 0.25) is 0 Å². The van der Waals surface area contributed by atoms with Crippen molar-refractivity contribution >= 4 is 16.6 Å². The van der Waals surface area contributed by atoms with Crippen molar-refractivity contribution in [1.82, 2.24) is 4.98 Å². The van der Waals surface area contributed by atoms with Crippen LogP contribution in [0.5, 0.6) is 5.75 Å². The molecular weight excluding hydrogens is 238 g/mol. The van der Waals surface area contributed by atoms with Crippen molar-refractivity contribution < 1.29 is 5.11 Å². The minimum Gasteiger partial charge on any atom is -0.508 e. The quantitative estimate of drug-likeness (QED) is 0.865. The van der Waals surface area contributed by atoms with Crippen LogP contribution in [-0.4, -0.2) is 29.2 Å². The summed E-state index contributed by atoms with van der Waals surface area (Å²) in [5.74, 6) is 1.77. The maximum absolute atomic E-state index is 9.70. The second kappa shape index (κ2) is 4.70. The summed E-state index contributed by atoms with van der Waals surface area (Å²) in [6.45, 7) is 3.87. The van der Waals surface area contributed by atoms with Gasteiger partial charge in [-0.25, -0.2) is 4.98 Å². The Morgan fingerprint density at radius 3 is 3.00 bits per heavy atom. The Balaban J connectivity index is 2.07. The van der Waals surface area contributed by atoms with Crippen LogP contribution in [0.3, 0.4) is 0 Å². The summed E-state index contributed by atoms with van der Waals surface area (Å²) in [4.78, 5) is 6.83. The van der Waals surface area contributed by atoms with Gasteiger partial charge in [0.25, 0.3) is 0 Å². The number of fused-ring (bicyclic) bond motifs is 1. The van der Waals surface area contributed by atoms with Gasteiger partial charge in [-0.05, 0) is 49.4 Å². The van der Waals surface area contributed by atoms with Crippen LogP contribution >= 0.6 is 0 Å². The summed E-state index contributed by atoms with van der Waals surface area (Å²) in [5.41, 5.74) is 5.79. The predicted molar refractivity (Wildman–Crippen MR) is 77.4 cm³/mol. The van der Waals surface area contributed by atoms with Gasteiger partial charge in [0, 0.05) is 24.2 Å². The van der Waals surface area contributed by atoms with Gasteiger partial charge in [0.15, 0.2) is 0 Å². The topological polar surface area (TPSA) is 62.4 Å². The minimum absolute atomic E-state index is 0.281. The number of phenolic OH excluding ortho intramolecular Hbond substituents is 1. The predicted octanol–water partition coefficient (Wildman–Crippen LogP) is 2.11. The molecule has 1 aromatic carbocycles. The van der Waals surface area contributed by atoms with E-state index in [-0.39, 0.29) is 5.75 Å². The molecule has 3 N–H and O–H groups in total. The fraction of sp³-hybridized carbons (Fsp3) is 0.400. The molecule has 2 heterocycles. The Hall–Kier alpha value is -1.81. The first-order valence-electron chi connectivity index (χ1n) is 6.73. The number of hydrogen-bond acceptors (Lipinski definition) is 4. The average molecular weight is 257 g/mol. The van der Waals surface area contributed by atoms with Crippen LogP contribution in [0.15, 0.2) is 30.5 Å².